The van der Waals surface area contributed by atoms with E-state index in [1.807, 2.05) is 0 Å². The van der Waals surface area contributed by atoms with E-state index in [9.17, 15) is 5.11 Å². The summed E-state index contributed by atoms with van der Waals surface area (Å²) in [5.74, 6) is 0.663. The summed E-state index contributed by atoms with van der Waals surface area (Å²) in [6, 6.07) is 0. The Bertz CT molecular complexity index is 110. The second-order valence-electron chi connectivity index (χ2n) is 4.34. The summed E-state index contributed by atoms with van der Waals surface area (Å²) in [6.45, 7) is 8.64. The van der Waals surface area contributed by atoms with Crippen LogP contribution >= 0.6 is 9.24 Å². The van der Waals surface area contributed by atoms with Gasteiger partial charge in [0.05, 0.1) is 6.10 Å². The van der Waals surface area contributed by atoms with Gasteiger partial charge < -0.3 is 5.11 Å². The predicted octanol–water partition coefficient (Wildman–Crippen LogP) is 2.29. The van der Waals surface area contributed by atoms with Gasteiger partial charge in [0.1, 0.15) is 0 Å². The lowest BCUT2D eigenvalue weighted by atomic mass is 9.80. The number of aliphatic hydroxyl groups excluding tert-OH is 1. The van der Waals surface area contributed by atoms with Crippen molar-refractivity contribution in [2.45, 2.75) is 40.2 Å². The highest BCUT2D eigenvalue weighted by atomic mass is 31.0. The molecule has 0 spiro atoms. The molecule has 0 aromatic rings. The van der Waals surface area contributed by atoms with Crippen molar-refractivity contribution in [3.8, 4) is 0 Å². The standard InChI is InChI=1S/C9H21OP/c1-7(2)5-9(3,4)8(10)6-11/h7-8,10H,5-6,11H2,1-4H3. The molecular weight excluding hydrogens is 155 g/mol. The van der Waals surface area contributed by atoms with Crippen molar-refractivity contribution in [2.24, 2.45) is 11.3 Å². The zero-order valence-corrected chi connectivity index (χ0v) is 9.25. The molecule has 0 bridgehead atoms. The quantitative estimate of drug-likeness (QED) is 0.652. The number of hydrogen-bond donors (Lipinski definition) is 1. The summed E-state index contributed by atoms with van der Waals surface area (Å²) >= 11 is 0. The maximum atomic E-state index is 9.61. The average molecular weight is 176 g/mol. The lowest BCUT2D eigenvalue weighted by Crippen LogP contribution is -2.31. The van der Waals surface area contributed by atoms with Crippen molar-refractivity contribution >= 4 is 9.24 Å². The fourth-order valence-corrected chi connectivity index (χ4v) is 2.15. The second kappa shape index (κ2) is 4.42. The van der Waals surface area contributed by atoms with Crippen LogP contribution in [0.2, 0.25) is 0 Å². The van der Waals surface area contributed by atoms with Crippen molar-refractivity contribution in [2.75, 3.05) is 6.16 Å². The van der Waals surface area contributed by atoms with E-state index in [-0.39, 0.29) is 11.5 Å². The molecule has 1 nitrogen and oxygen atoms in total. The van der Waals surface area contributed by atoms with Gasteiger partial charge in [0, 0.05) is 0 Å². The molecule has 0 amide bonds. The van der Waals surface area contributed by atoms with Crippen LogP contribution in [0.1, 0.15) is 34.1 Å². The van der Waals surface area contributed by atoms with Crippen LogP contribution in [0.25, 0.3) is 0 Å². The van der Waals surface area contributed by atoms with E-state index >= 15 is 0 Å². The normalized spacial score (nSPS) is 15.5. The van der Waals surface area contributed by atoms with E-state index < -0.39 is 0 Å². The second-order valence-corrected chi connectivity index (χ2v) is 4.81. The predicted molar refractivity (Wildman–Crippen MR) is 53.8 cm³/mol. The van der Waals surface area contributed by atoms with Gasteiger partial charge in [-0.25, -0.2) is 0 Å². The summed E-state index contributed by atoms with van der Waals surface area (Å²) < 4.78 is 0. The number of aliphatic hydroxyl groups is 1. The van der Waals surface area contributed by atoms with Gasteiger partial charge in [0.25, 0.3) is 0 Å². The van der Waals surface area contributed by atoms with Gasteiger partial charge in [-0.1, -0.05) is 27.7 Å². The van der Waals surface area contributed by atoms with Gasteiger partial charge in [-0.2, -0.15) is 0 Å². The van der Waals surface area contributed by atoms with Gasteiger partial charge in [0.15, 0.2) is 0 Å². The first kappa shape index (κ1) is 11.4. The van der Waals surface area contributed by atoms with Gasteiger partial charge in [-0.05, 0) is 23.9 Å². The minimum Gasteiger partial charge on any atom is -0.392 e. The average Bonchev–Trinajstić information content (AvgIpc) is 1.83. The summed E-state index contributed by atoms with van der Waals surface area (Å²) in [4.78, 5) is 0. The molecule has 0 aliphatic carbocycles. The molecule has 11 heavy (non-hydrogen) atoms. The Kier molecular flexibility index (Phi) is 4.58. The SMILES string of the molecule is CC(C)CC(C)(C)C(O)CP. The molecule has 2 unspecified atom stereocenters. The van der Waals surface area contributed by atoms with E-state index in [0.717, 1.165) is 12.6 Å². The summed E-state index contributed by atoms with van der Waals surface area (Å²) in [5, 5.41) is 9.61. The van der Waals surface area contributed by atoms with Crippen LogP contribution < -0.4 is 0 Å². The van der Waals surface area contributed by atoms with Crippen LogP contribution in [0.5, 0.6) is 0 Å². The maximum Gasteiger partial charge on any atom is 0.0625 e. The first-order valence-electron chi connectivity index (χ1n) is 4.28. The Balaban J connectivity index is 3.98. The monoisotopic (exact) mass is 176 g/mol. The lowest BCUT2D eigenvalue weighted by Gasteiger charge is -2.31. The summed E-state index contributed by atoms with van der Waals surface area (Å²) in [5.41, 5.74) is 0.0654. The molecule has 0 saturated carbocycles. The largest absolute Gasteiger partial charge is 0.392 e. The van der Waals surface area contributed by atoms with Gasteiger partial charge >= 0.3 is 0 Å². The Labute approximate surface area is 72.8 Å². The molecule has 2 atom stereocenters. The Morgan fingerprint density at radius 3 is 2.09 bits per heavy atom. The molecular formula is C9H21OP. The van der Waals surface area contributed by atoms with E-state index in [1.54, 1.807) is 0 Å². The molecule has 2 heteroatoms. The van der Waals surface area contributed by atoms with E-state index in [4.69, 9.17) is 0 Å². The van der Waals surface area contributed by atoms with E-state index in [2.05, 4.69) is 36.9 Å². The van der Waals surface area contributed by atoms with Crippen LogP contribution in [0.4, 0.5) is 0 Å². The third-order valence-electron chi connectivity index (χ3n) is 2.06. The lowest BCUT2D eigenvalue weighted by molar-refractivity contribution is 0.0540. The highest BCUT2D eigenvalue weighted by molar-refractivity contribution is 7.16. The van der Waals surface area contributed by atoms with Crippen molar-refractivity contribution in [3.63, 3.8) is 0 Å². The van der Waals surface area contributed by atoms with Crippen molar-refractivity contribution < 1.29 is 5.11 Å². The molecule has 68 valence electrons. The molecule has 0 fully saturated rings. The number of hydrogen-bond acceptors (Lipinski definition) is 1. The highest BCUT2D eigenvalue weighted by Crippen LogP contribution is 2.29. The van der Waals surface area contributed by atoms with Gasteiger partial charge in [-0.3, -0.25) is 0 Å². The van der Waals surface area contributed by atoms with Crippen LogP contribution in [0.3, 0.4) is 0 Å². The third kappa shape index (κ3) is 4.08. The molecule has 0 aliphatic rings. The molecule has 0 saturated heterocycles. The maximum absolute atomic E-state index is 9.61. The number of rotatable bonds is 4. The Morgan fingerprint density at radius 2 is 1.82 bits per heavy atom. The van der Waals surface area contributed by atoms with Crippen LogP contribution in [0.15, 0.2) is 0 Å². The smallest absolute Gasteiger partial charge is 0.0625 e. The molecule has 0 radical (unpaired) electrons. The minimum atomic E-state index is -0.185. The Hall–Kier alpha value is 0.390. The fraction of sp³-hybridized carbons (Fsp3) is 1.00. The topological polar surface area (TPSA) is 20.2 Å². The first-order valence-corrected chi connectivity index (χ1v) is 5.10. The van der Waals surface area contributed by atoms with Crippen LogP contribution in [0, 0.1) is 11.3 Å². The fourth-order valence-electron chi connectivity index (χ4n) is 1.51. The summed E-state index contributed by atoms with van der Waals surface area (Å²) in [7, 11) is 2.59. The Morgan fingerprint density at radius 1 is 1.36 bits per heavy atom. The molecule has 0 aromatic heterocycles. The minimum absolute atomic E-state index is 0.0654. The molecule has 0 heterocycles. The summed E-state index contributed by atoms with van der Waals surface area (Å²) in [6.07, 6.45) is 1.68. The van der Waals surface area contributed by atoms with Crippen LogP contribution in [-0.4, -0.2) is 17.4 Å². The van der Waals surface area contributed by atoms with Crippen molar-refractivity contribution in [1.29, 1.82) is 0 Å². The molecule has 0 aromatic carbocycles. The molecule has 1 N–H and O–H groups in total. The van der Waals surface area contributed by atoms with E-state index in [0.29, 0.717) is 5.92 Å². The molecule has 0 aliphatic heterocycles. The van der Waals surface area contributed by atoms with Crippen LogP contribution in [-0.2, 0) is 0 Å². The highest BCUT2D eigenvalue weighted by Gasteiger charge is 2.26. The van der Waals surface area contributed by atoms with Gasteiger partial charge in [0.2, 0.25) is 0 Å². The first-order chi connectivity index (χ1) is 4.90. The zero-order chi connectivity index (χ0) is 9.07. The third-order valence-corrected chi connectivity index (χ3v) is 2.51. The van der Waals surface area contributed by atoms with Gasteiger partial charge in [-0.15, -0.1) is 9.24 Å². The van der Waals surface area contributed by atoms with Crippen molar-refractivity contribution in [3.05, 3.63) is 0 Å². The van der Waals surface area contributed by atoms with E-state index in [1.165, 1.54) is 0 Å². The van der Waals surface area contributed by atoms with Crippen molar-refractivity contribution in [1.82, 2.24) is 0 Å². The molecule has 0 rings (SSSR count). The zero-order valence-electron chi connectivity index (χ0n) is 8.09.